The van der Waals surface area contributed by atoms with E-state index >= 15 is 0 Å². The number of hydrogen-bond donors (Lipinski definition) is 2. The molecule has 0 saturated heterocycles. The molecule has 0 aliphatic heterocycles. The zero-order valence-corrected chi connectivity index (χ0v) is 8.23. The monoisotopic (exact) mass is 211 g/mol. The van der Waals surface area contributed by atoms with E-state index in [0.717, 1.165) is 6.26 Å². The highest BCUT2D eigenvalue weighted by Crippen LogP contribution is 1.98. The Bertz CT molecular complexity index is 294. The quantitative estimate of drug-likeness (QED) is 0.165. The SMILES string of the molecule is C=CCC(=O)O/C=C(\C=C)C(=O)NCO. The first kappa shape index (κ1) is 13.1. The molecule has 0 radical (unpaired) electrons. The van der Waals surface area contributed by atoms with Crippen LogP contribution in [0.2, 0.25) is 0 Å². The molecule has 0 aromatic heterocycles. The molecule has 0 unspecified atom stereocenters. The van der Waals surface area contributed by atoms with Gasteiger partial charge in [-0.3, -0.25) is 9.59 Å². The maximum Gasteiger partial charge on any atom is 0.314 e. The average molecular weight is 211 g/mol. The minimum absolute atomic E-state index is 0.0569. The van der Waals surface area contributed by atoms with E-state index in [-0.39, 0.29) is 12.0 Å². The Morgan fingerprint density at radius 2 is 2.07 bits per heavy atom. The molecule has 0 aromatic rings. The summed E-state index contributed by atoms with van der Waals surface area (Å²) in [5.41, 5.74) is 0.0569. The predicted molar refractivity (Wildman–Crippen MR) is 54.4 cm³/mol. The smallest absolute Gasteiger partial charge is 0.314 e. The second kappa shape index (κ2) is 7.52. The minimum Gasteiger partial charge on any atom is -0.433 e. The van der Waals surface area contributed by atoms with Crippen LogP contribution in [0.5, 0.6) is 0 Å². The topological polar surface area (TPSA) is 75.6 Å². The maximum atomic E-state index is 11.1. The van der Waals surface area contributed by atoms with E-state index in [1.54, 1.807) is 0 Å². The molecule has 0 heterocycles. The van der Waals surface area contributed by atoms with Gasteiger partial charge in [0.15, 0.2) is 0 Å². The number of aliphatic hydroxyl groups is 1. The molecule has 0 rings (SSSR count). The van der Waals surface area contributed by atoms with E-state index in [1.807, 2.05) is 0 Å². The van der Waals surface area contributed by atoms with E-state index in [1.165, 1.54) is 12.2 Å². The molecule has 0 fully saturated rings. The Balaban J connectivity index is 4.33. The van der Waals surface area contributed by atoms with Gasteiger partial charge < -0.3 is 15.2 Å². The van der Waals surface area contributed by atoms with Crippen molar-refractivity contribution < 1.29 is 19.4 Å². The Morgan fingerprint density at radius 1 is 1.40 bits per heavy atom. The summed E-state index contributed by atoms with van der Waals surface area (Å²) in [6.07, 6.45) is 3.64. The molecule has 5 nitrogen and oxygen atoms in total. The van der Waals surface area contributed by atoms with E-state index in [0.29, 0.717) is 0 Å². The fourth-order valence-electron chi connectivity index (χ4n) is 0.663. The van der Waals surface area contributed by atoms with Gasteiger partial charge in [0.05, 0.1) is 12.0 Å². The standard InChI is InChI=1S/C10H13NO4/c1-3-5-9(13)15-6-8(4-2)10(14)11-7-12/h3-4,6,12H,1-2,5,7H2,(H,11,14)/b8-6+. The number of carbonyl (C=O) groups excluding carboxylic acids is 2. The van der Waals surface area contributed by atoms with E-state index in [2.05, 4.69) is 23.2 Å². The summed E-state index contributed by atoms with van der Waals surface area (Å²) in [5, 5.41) is 10.5. The van der Waals surface area contributed by atoms with Crippen LogP contribution in [0, 0.1) is 0 Å². The zero-order chi connectivity index (χ0) is 11.7. The molecule has 82 valence electrons. The van der Waals surface area contributed by atoms with E-state index < -0.39 is 18.6 Å². The molecule has 15 heavy (non-hydrogen) atoms. The second-order valence-electron chi connectivity index (χ2n) is 2.42. The average Bonchev–Trinajstić information content (AvgIpc) is 2.19. The van der Waals surface area contributed by atoms with Crippen molar-refractivity contribution in [1.82, 2.24) is 5.32 Å². The van der Waals surface area contributed by atoms with Crippen molar-refractivity contribution in [2.24, 2.45) is 0 Å². The largest absolute Gasteiger partial charge is 0.433 e. The first-order valence-corrected chi connectivity index (χ1v) is 4.17. The molecule has 0 aliphatic carbocycles. The summed E-state index contributed by atoms with van der Waals surface area (Å²) in [4.78, 5) is 22.0. The van der Waals surface area contributed by atoms with Crippen molar-refractivity contribution >= 4 is 11.9 Å². The third-order valence-electron chi connectivity index (χ3n) is 1.35. The van der Waals surface area contributed by atoms with Crippen LogP contribution < -0.4 is 5.32 Å². The Morgan fingerprint density at radius 3 is 2.53 bits per heavy atom. The van der Waals surface area contributed by atoms with E-state index in [4.69, 9.17) is 5.11 Å². The van der Waals surface area contributed by atoms with Gasteiger partial charge in [0.25, 0.3) is 5.91 Å². The summed E-state index contributed by atoms with van der Waals surface area (Å²) in [6, 6.07) is 0. The van der Waals surface area contributed by atoms with Gasteiger partial charge in [-0.1, -0.05) is 18.7 Å². The molecule has 0 aromatic carbocycles. The van der Waals surface area contributed by atoms with Crippen molar-refractivity contribution in [2.45, 2.75) is 6.42 Å². The fraction of sp³-hybridized carbons (Fsp3) is 0.200. The lowest BCUT2D eigenvalue weighted by Gasteiger charge is -2.02. The number of esters is 1. The summed E-state index contributed by atoms with van der Waals surface area (Å²) in [7, 11) is 0. The first-order chi connectivity index (χ1) is 7.15. The molecule has 0 saturated carbocycles. The van der Waals surface area contributed by atoms with Crippen LogP contribution >= 0.6 is 0 Å². The number of ether oxygens (including phenoxy) is 1. The van der Waals surface area contributed by atoms with Crippen LogP contribution in [0.25, 0.3) is 0 Å². The molecule has 0 bridgehead atoms. The highest BCUT2D eigenvalue weighted by atomic mass is 16.5. The van der Waals surface area contributed by atoms with Crippen molar-refractivity contribution in [3.8, 4) is 0 Å². The van der Waals surface area contributed by atoms with Gasteiger partial charge in [-0.25, -0.2) is 0 Å². The number of hydrogen-bond acceptors (Lipinski definition) is 4. The van der Waals surface area contributed by atoms with Gasteiger partial charge >= 0.3 is 5.97 Å². The van der Waals surface area contributed by atoms with E-state index in [9.17, 15) is 9.59 Å². The minimum atomic E-state index is -0.570. The Labute approximate surface area is 87.7 Å². The fourth-order valence-corrected chi connectivity index (χ4v) is 0.663. The first-order valence-electron chi connectivity index (χ1n) is 4.17. The van der Waals surface area contributed by atoms with Gasteiger partial charge in [-0.15, -0.1) is 6.58 Å². The lowest BCUT2D eigenvalue weighted by atomic mass is 10.3. The third kappa shape index (κ3) is 5.43. The lowest BCUT2D eigenvalue weighted by Crippen LogP contribution is -2.25. The van der Waals surface area contributed by atoms with Crippen LogP contribution in [0.1, 0.15) is 6.42 Å². The Hall–Kier alpha value is -1.88. The molecular formula is C10H13NO4. The summed E-state index contributed by atoms with van der Waals surface area (Å²) in [5.74, 6) is -1.10. The molecule has 2 N–H and O–H groups in total. The molecule has 1 amide bonds. The normalized spacial score (nSPS) is 10.3. The van der Waals surface area contributed by atoms with Crippen molar-refractivity contribution in [3.05, 3.63) is 37.1 Å². The van der Waals surface area contributed by atoms with Crippen LogP contribution in [-0.4, -0.2) is 23.7 Å². The summed E-state index contributed by atoms with van der Waals surface area (Å²) >= 11 is 0. The second-order valence-corrected chi connectivity index (χ2v) is 2.42. The number of amides is 1. The molecular weight excluding hydrogens is 198 g/mol. The number of aliphatic hydroxyl groups excluding tert-OH is 1. The zero-order valence-electron chi connectivity index (χ0n) is 8.23. The van der Waals surface area contributed by atoms with Crippen molar-refractivity contribution in [1.29, 1.82) is 0 Å². The van der Waals surface area contributed by atoms with Crippen LogP contribution in [0.3, 0.4) is 0 Å². The molecule has 5 heteroatoms. The Kier molecular flexibility index (Phi) is 6.57. The summed E-state index contributed by atoms with van der Waals surface area (Å²) in [6.45, 7) is 6.23. The summed E-state index contributed by atoms with van der Waals surface area (Å²) < 4.78 is 4.62. The number of carbonyl (C=O) groups is 2. The van der Waals surface area contributed by atoms with Gasteiger partial charge in [0.1, 0.15) is 13.0 Å². The lowest BCUT2D eigenvalue weighted by molar-refractivity contribution is -0.137. The molecule has 0 atom stereocenters. The highest BCUT2D eigenvalue weighted by Gasteiger charge is 2.06. The molecule has 0 spiro atoms. The van der Waals surface area contributed by atoms with Gasteiger partial charge in [0, 0.05) is 0 Å². The maximum absolute atomic E-state index is 11.1. The van der Waals surface area contributed by atoms with Crippen LogP contribution in [0.15, 0.2) is 37.1 Å². The van der Waals surface area contributed by atoms with Crippen molar-refractivity contribution in [2.75, 3.05) is 6.73 Å². The number of nitrogens with one attached hydrogen (secondary N) is 1. The van der Waals surface area contributed by atoms with Gasteiger partial charge in [-0.2, -0.15) is 0 Å². The highest BCUT2D eigenvalue weighted by molar-refractivity contribution is 5.95. The van der Waals surface area contributed by atoms with Crippen LogP contribution in [0.4, 0.5) is 0 Å². The molecule has 0 aliphatic rings. The third-order valence-corrected chi connectivity index (χ3v) is 1.35. The van der Waals surface area contributed by atoms with Gasteiger partial charge in [-0.05, 0) is 0 Å². The predicted octanol–water partition coefficient (Wildman–Crippen LogP) is 0.242. The van der Waals surface area contributed by atoms with Crippen LogP contribution in [-0.2, 0) is 14.3 Å². The van der Waals surface area contributed by atoms with Gasteiger partial charge in [0.2, 0.25) is 0 Å². The van der Waals surface area contributed by atoms with Crippen molar-refractivity contribution in [3.63, 3.8) is 0 Å². The number of rotatable bonds is 6.